The third-order valence-corrected chi connectivity index (χ3v) is 0.734. The fourth-order valence-corrected chi connectivity index (χ4v) is 0.316. The number of carbonyl (C=O) groups excluding carboxylic acids is 2. The minimum Gasteiger partial charge on any atom is -0.449 e. The molecule has 5 N–H and O–H groups in total. The van der Waals surface area contributed by atoms with Gasteiger partial charge in [0.25, 0.3) is 0 Å². The van der Waals surface area contributed by atoms with Gasteiger partial charge in [0, 0.05) is 0 Å². The summed E-state index contributed by atoms with van der Waals surface area (Å²) in [5.74, 6) is 4.32. The Kier molecular flexibility index (Phi) is 3.97. The Labute approximate surface area is 57.5 Å². The van der Waals surface area contributed by atoms with Gasteiger partial charge < -0.3 is 10.5 Å². The van der Waals surface area contributed by atoms with Crippen LogP contribution >= 0.6 is 0 Å². The number of nitrogens with two attached hydrogens (primary N) is 2. The minimum absolute atomic E-state index is 0.0272. The number of hydrazine groups is 1. The van der Waals surface area contributed by atoms with E-state index in [0.29, 0.717) is 0 Å². The molecule has 0 aromatic carbocycles. The van der Waals surface area contributed by atoms with Crippen LogP contribution in [0.25, 0.3) is 0 Å². The van der Waals surface area contributed by atoms with Crippen molar-refractivity contribution in [2.45, 2.75) is 6.42 Å². The quantitative estimate of drug-likeness (QED) is 0.255. The molecule has 2 amide bonds. The summed E-state index contributed by atoms with van der Waals surface area (Å²) in [6.07, 6.45) is -0.871. The number of hydrogen-bond acceptors (Lipinski definition) is 4. The predicted molar refractivity (Wildman–Crippen MR) is 32.5 cm³/mol. The summed E-state index contributed by atoms with van der Waals surface area (Å²) in [5.41, 5.74) is 6.46. The summed E-state index contributed by atoms with van der Waals surface area (Å²) in [6.45, 7) is -0.0433. The average Bonchev–Trinajstić information content (AvgIpc) is 1.87. The predicted octanol–water partition coefficient (Wildman–Crippen LogP) is -1.54. The van der Waals surface area contributed by atoms with E-state index in [1.165, 1.54) is 0 Å². The number of hydrogen-bond donors (Lipinski definition) is 3. The lowest BCUT2D eigenvalue weighted by Crippen LogP contribution is -2.31. The van der Waals surface area contributed by atoms with Gasteiger partial charge in [-0.15, -0.1) is 0 Å². The van der Waals surface area contributed by atoms with Crippen LogP contribution in [0.2, 0.25) is 0 Å². The van der Waals surface area contributed by atoms with Gasteiger partial charge in [-0.2, -0.15) is 0 Å². The van der Waals surface area contributed by atoms with Crippen LogP contribution in [0.1, 0.15) is 6.42 Å². The molecule has 6 heteroatoms. The second kappa shape index (κ2) is 4.57. The lowest BCUT2D eigenvalue weighted by Gasteiger charge is -1.98. The van der Waals surface area contributed by atoms with Crippen molar-refractivity contribution in [3.63, 3.8) is 0 Å². The molecular formula is C4H9N3O3. The third-order valence-electron chi connectivity index (χ3n) is 0.734. The lowest BCUT2D eigenvalue weighted by atomic mass is 10.4. The second-order valence-corrected chi connectivity index (χ2v) is 1.49. The number of nitrogens with one attached hydrogen (secondary N) is 1. The average molecular weight is 147 g/mol. The Morgan fingerprint density at radius 3 is 2.50 bits per heavy atom. The molecule has 0 spiro atoms. The molecule has 0 radical (unpaired) electrons. The molecule has 0 atom stereocenters. The molecule has 10 heavy (non-hydrogen) atoms. The highest BCUT2D eigenvalue weighted by Gasteiger charge is 1.98. The van der Waals surface area contributed by atoms with Gasteiger partial charge in [-0.05, 0) is 0 Å². The van der Waals surface area contributed by atoms with E-state index in [2.05, 4.69) is 10.5 Å². The van der Waals surface area contributed by atoms with E-state index in [1.54, 1.807) is 0 Å². The first-order valence-corrected chi connectivity index (χ1v) is 2.58. The zero-order valence-electron chi connectivity index (χ0n) is 5.29. The van der Waals surface area contributed by atoms with E-state index >= 15 is 0 Å². The molecule has 0 aliphatic heterocycles. The first kappa shape index (κ1) is 8.70. The molecule has 0 bridgehead atoms. The smallest absolute Gasteiger partial charge is 0.404 e. The molecule has 0 heterocycles. The van der Waals surface area contributed by atoms with Gasteiger partial charge >= 0.3 is 6.09 Å². The number of carbonyl (C=O) groups is 2. The van der Waals surface area contributed by atoms with Crippen LogP contribution in [0.4, 0.5) is 4.79 Å². The Bertz CT molecular complexity index is 136. The van der Waals surface area contributed by atoms with Crippen molar-refractivity contribution in [3.8, 4) is 0 Å². The zero-order chi connectivity index (χ0) is 7.98. The highest BCUT2D eigenvalue weighted by atomic mass is 16.5. The molecule has 0 rings (SSSR count). The van der Waals surface area contributed by atoms with Crippen molar-refractivity contribution in [1.82, 2.24) is 5.43 Å². The van der Waals surface area contributed by atoms with Crippen molar-refractivity contribution in [1.29, 1.82) is 0 Å². The summed E-state index contributed by atoms with van der Waals surface area (Å²) in [6, 6.07) is 0. The van der Waals surface area contributed by atoms with E-state index < -0.39 is 12.0 Å². The maximum atomic E-state index is 10.3. The topological polar surface area (TPSA) is 107 Å². The fourth-order valence-electron chi connectivity index (χ4n) is 0.316. The Morgan fingerprint density at radius 2 is 2.10 bits per heavy atom. The van der Waals surface area contributed by atoms with Crippen molar-refractivity contribution < 1.29 is 14.3 Å². The summed E-state index contributed by atoms with van der Waals surface area (Å²) in [4.78, 5) is 20.2. The number of primary amides is 1. The van der Waals surface area contributed by atoms with Crippen molar-refractivity contribution in [2.24, 2.45) is 11.6 Å². The Hall–Kier alpha value is -1.30. The highest BCUT2D eigenvalue weighted by molar-refractivity contribution is 5.75. The van der Waals surface area contributed by atoms with Crippen LogP contribution in [-0.2, 0) is 9.53 Å². The summed E-state index contributed by atoms with van der Waals surface area (Å²) in [5, 5.41) is 0. The van der Waals surface area contributed by atoms with Crippen LogP contribution in [-0.4, -0.2) is 18.6 Å². The van der Waals surface area contributed by atoms with Crippen LogP contribution in [0.5, 0.6) is 0 Å². The molecule has 0 unspecified atom stereocenters. The molecule has 0 aliphatic carbocycles. The van der Waals surface area contributed by atoms with E-state index in [-0.39, 0.29) is 13.0 Å². The minimum atomic E-state index is -0.898. The van der Waals surface area contributed by atoms with Crippen LogP contribution < -0.4 is 17.0 Å². The standard InChI is InChI=1S/C4H9N3O3/c5-4(9)10-2-1-3(8)7-6/h1-2,6H2,(H2,5,9)(H,7,8). The van der Waals surface area contributed by atoms with Gasteiger partial charge in [0.05, 0.1) is 6.42 Å². The summed E-state index contributed by atoms with van der Waals surface area (Å²) < 4.78 is 4.24. The van der Waals surface area contributed by atoms with E-state index in [1.807, 2.05) is 5.43 Å². The van der Waals surface area contributed by atoms with E-state index in [4.69, 9.17) is 5.84 Å². The van der Waals surface area contributed by atoms with Crippen molar-refractivity contribution in [3.05, 3.63) is 0 Å². The number of ether oxygens (including phenoxy) is 1. The van der Waals surface area contributed by atoms with Gasteiger partial charge in [0.15, 0.2) is 0 Å². The molecule has 0 aromatic heterocycles. The third kappa shape index (κ3) is 4.85. The molecule has 0 saturated heterocycles. The van der Waals surface area contributed by atoms with E-state index in [0.717, 1.165) is 0 Å². The van der Waals surface area contributed by atoms with Gasteiger partial charge in [0.2, 0.25) is 5.91 Å². The second-order valence-electron chi connectivity index (χ2n) is 1.49. The Balaban J connectivity index is 3.20. The van der Waals surface area contributed by atoms with Crippen LogP contribution in [0, 0.1) is 0 Å². The van der Waals surface area contributed by atoms with Gasteiger partial charge in [-0.25, -0.2) is 10.6 Å². The van der Waals surface area contributed by atoms with Gasteiger partial charge in [-0.1, -0.05) is 0 Å². The molecule has 0 aromatic rings. The SMILES string of the molecule is NNC(=O)CCOC(N)=O. The molecule has 58 valence electrons. The maximum absolute atomic E-state index is 10.3. The highest BCUT2D eigenvalue weighted by Crippen LogP contribution is 1.80. The first-order chi connectivity index (χ1) is 4.66. The van der Waals surface area contributed by atoms with Crippen molar-refractivity contribution >= 4 is 12.0 Å². The molecule has 0 fully saturated rings. The number of amides is 2. The largest absolute Gasteiger partial charge is 0.449 e. The molecule has 0 saturated carbocycles. The lowest BCUT2D eigenvalue weighted by molar-refractivity contribution is -0.121. The van der Waals surface area contributed by atoms with E-state index in [9.17, 15) is 9.59 Å². The maximum Gasteiger partial charge on any atom is 0.404 e. The summed E-state index contributed by atoms with van der Waals surface area (Å²) in [7, 11) is 0. The van der Waals surface area contributed by atoms with Crippen LogP contribution in [0.3, 0.4) is 0 Å². The molecule has 6 nitrogen and oxygen atoms in total. The molecular weight excluding hydrogens is 138 g/mol. The fraction of sp³-hybridized carbons (Fsp3) is 0.500. The zero-order valence-corrected chi connectivity index (χ0v) is 5.29. The van der Waals surface area contributed by atoms with Gasteiger partial charge in [0.1, 0.15) is 6.61 Å². The Morgan fingerprint density at radius 1 is 1.50 bits per heavy atom. The number of rotatable bonds is 3. The normalized spacial score (nSPS) is 8.50. The van der Waals surface area contributed by atoms with Crippen molar-refractivity contribution in [2.75, 3.05) is 6.61 Å². The monoisotopic (exact) mass is 147 g/mol. The first-order valence-electron chi connectivity index (χ1n) is 2.58. The van der Waals surface area contributed by atoms with Gasteiger partial charge in [-0.3, -0.25) is 10.2 Å². The summed E-state index contributed by atoms with van der Waals surface area (Å²) >= 11 is 0. The van der Waals surface area contributed by atoms with Crippen LogP contribution in [0.15, 0.2) is 0 Å². The molecule has 0 aliphatic rings.